The molecule has 1 aliphatic heterocycles. The lowest BCUT2D eigenvalue weighted by molar-refractivity contribution is 0.104. The second-order valence-electron chi connectivity index (χ2n) is 5.48. The molecule has 3 N–H and O–H groups in total. The Morgan fingerprint density at radius 1 is 1.30 bits per heavy atom. The Balaban J connectivity index is 2.36. The van der Waals surface area contributed by atoms with Crippen LogP contribution >= 0.6 is 0 Å². The third-order valence-electron chi connectivity index (χ3n) is 3.55. The number of phenolic OH excluding ortho intramolecular Hbond substituents is 1. The molecule has 20 heavy (non-hydrogen) atoms. The minimum absolute atomic E-state index is 0.109. The van der Waals surface area contributed by atoms with Crippen LogP contribution in [-0.4, -0.2) is 24.0 Å². The Morgan fingerprint density at radius 2 is 1.95 bits per heavy atom. The molecule has 108 valence electrons. The minimum atomic E-state index is -0.167. The molecule has 0 atom stereocenters. The van der Waals surface area contributed by atoms with Crippen molar-refractivity contribution in [2.45, 2.75) is 33.1 Å². The van der Waals surface area contributed by atoms with Crippen LogP contribution in [0.25, 0.3) is 0 Å². The van der Waals surface area contributed by atoms with Gasteiger partial charge in [0.2, 0.25) is 0 Å². The zero-order chi connectivity index (χ0) is 14.7. The van der Waals surface area contributed by atoms with Gasteiger partial charge in [-0.25, -0.2) is 0 Å². The first-order valence-electron chi connectivity index (χ1n) is 7.07. The Bertz CT molecular complexity index is 540. The minimum Gasteiger partial charge on any atom is -0.507 e. The molecule has 1 saturated heterocycles. The molecule has 0 aliphatic carbocycles. The van der Waals surface area contributed by atoms with Gasteiger partial charge in [0.1, 0.15) is 11.6 Å². The van der Waals surface area contributed by atoms with Gasteiger partial charge in [0.05, 0.1) is 5.56 Å². The fraction of sp³-hybridized carbons (Fsp3) is 0.438. The molecule has 2 rings (SSSR count). The number of ketones is 1. The number of carbonyl (C=O) groups is 1. The monoisotopic (exact) mass is 274 g/mol. The van der Waals surface area contributed by atoms with Crippen LogP contribution < -0.4 is 10.6 Å². The molecule has 1 aliphatic rings. The molecular formula is C16H22N2O2. The number of rotatable bonds is 3. The second-order valence-corrected chi connectivity index (χ2v) is 5.48. The molecule has 1 heterocycles. The van der Waals surface area contributed by atoms with Crippen molar-refractivity contribution in [3.63, 3.8) is 0 Å². The Labute approximate surface area is 119 Å². The third-order valence-corrected chi connectivity index (χ3v) is 3.55. The number of aromatic hydroxyl groups is 1. The molecule has 4 nitrogen and oxygen atoms in total. The quantitative estimate of drug-likeness (QED) is 0.585. The fourth-order valence-electron chi connectivity index (χ4n) is 2.39. The molecule has 0 spiro atoms. The van der Waals surface area contributed by atoms with Crippen molar-refractivity contribution < 1.29 is 9.90 Å². The largest absolute Gasteiger partial charge is 0.507 e. The molecule has 1 aromatic carbocycles. The van der Waals surface area contributed by atoms with Gasteiger partial charge in [0.15, 0.2) is 5.78 Å². The highest BCUT2D eigenvalue weighted by Crippen LogP contribution is 2.31. The van der Waals surface area contributed by atoms with Gasteiger partial charge in [-0.15, -0.1) is 0 Å². The van der Waals surface area contributed by atoms with E-state index in [-0.39, 0.29) is 17.5 Å². The molecule has 0 aromatic heterocycles. The number of phenols is 1. The van der Waals surface area contributed by atoms with E-state index >= 15 is 0 Å². The van der Waals surface area contributed by atoms with Crippen molar-refractivity contribution in [3.05, 3.63) is 40.7 Å². The molecule has 0 radical (unpaired) electrons. The highest BCUT2D eigenvalue weighted by Gasteiger charge is 2.18. The molecule has 4 heteroatoms. The van der Waals surface area contributed by atoms with Gasteiger partial charge in [-0.05, 0) is 30.4 Å². The van der Waals surface area contributed by atoms with Crippen LogP contribution in [0.1, 0.15) is 47.7 Å². The summed E-state index contributed by atoms with van der Waals surface area (Å²) in [6, 6.07) is 3.78. The topological polar surface area (TPSA) is 61.4 Å². The summed E-state index contributed by atoms with van der Waals surface area (Å²) >= 11 is 0. The first kappa shape index (κ1) is 14.4. The Hall–Kier alpha value is -1.97. The third kappa shape index (κ3) is 2.95. The van der Waals surface area contributed by atoms with Crippen LogP contribution in [0.4, 0.5) is 0 Å². The second kappa shape index (κ2) is 5.99. The zero-order valence-electron chi connectivity index (χ0n) is 12.3. The number of nitrogens with one attached hydrogen (secondary N) is 2. The number of aryl methyl sites for hydroxylation is 1. The molecular weight excluding hydrogens is 252 g/mol. The summed E-state index contributed by atoms with van der Waals surface area (Å²) in [5.41, 5.74) is 2.00. The van der Waals surface area contributed by atoms with E-state index in [1.54, 1.807) is 0 Å². The first-order chi connectivity index (χ1) is 9.50. The smallest absolute Gasteiger partial charge is 0.193 e. The summed E-state index contributed by atoms with van der Waals surface area (Å²) in [6.45, 7) is 7.58. The summed E-state index contributed by atoms with van der Waals surface area (Å²) in [5, 5.41) is 16.6. The lowest BCUT2D eigenvalue weighted by atomic mass is 9.94. The van der Waals surface area contributed by atoms with Crippen molar-refractivity contribution in [2.24, 2.45) is 0 Å². The predicted octanol–water partition coefficient (Wildman–Crippen LogP) is 2.43. The molecule has 0 bridgehead atoms. The van der Waals surface area contributed by atoms with Gasteiger partial charge in [0, 0.05) is 19.2 Å². The summed E-state index contributed by atoms with van der Waals surface area (Å²) < 4.78 is 0. The van der Waals surface area contributed by atoms with E-state index < -0.39 is 0 Å². The van der Waals surface area contributed by atoms with Gasteiger partial charge >= 0.3 is 0 Å². The maximum Gasteiger partial charge on any atom is 0.193 e. The van der Waals surface area contributed by atoms with E-state index in [0.717, 1.165) is 36.5 Å². The Kier molecular flexibility index (Phi) is 4.32. The lowest BCUT2D eigenvalue weighted by Gasteiger charge is -2.19. The van der Waals surface area contributed by atoms with Crippen molar-refractivity contribution >= 4 is 5.78 Å². The van der Waals surface area contributed by atoms with E-state index in [9.17, 15) is 9.90 Å². The van der Waals surface area contributed by atoms with E-state index in [4.69, 9.17) is 0 Å². The molecule has 1 aromatic rings. The average Bonchev–Trinajstić information content (AvgIpc) is 2.39. The van der Waals surface area contributed by atoms with Crippen LogP contribution in [0.15, 0.2) is 24.0 Å². The van der Waals surface area contributed by atoms with E-state index in [0.29, 0.717) is 5.56 Å². The number of carbonyl (C=O) groups excluding carboxylic acids is 1. The fourth-order valence-corrected chi connectivity index (χ4v) is 2.39. The van der Waals surface area contributed by atoms with Crippen LogP contribution in [0, 0.1) is 6.92 Å². The van der Waals surface area contributed by atoms with Crippen molar-refractivity contribution in [1.29, 1.82) is 0 Å². The number of allylic oxidation sites excluding steroid dienone is 1. The van der Waals surface area contributed by atoms with Crippen LogP contribution in [-0.2, 0) is 0 Å². The zero-order valence-corrected chi connectivity index (χ0v) is 12.3. The number of hydrogen-bond donors (Lipinski definition) is 3. The summed E-state index contributed by atoms with van der Waals surface area (Å²) in [6.07, 6.45) is 2.57. The molecule has 0 unspecified atom stereocenters. The van der Waals surface area contributed by atoms with E-state index in [1.807, 2.05) is 32.9 Å². The van der Waals surface area contributed by atoms with Crippen molar-refractivity contribution in [2.75, 3.05) is 13.1 Å². The van der Waals surface area contributed by atoms with E-state index in [2.05, 4.69) is 10.6 Å². The SMILES string of the molecule is Cc1ccc(C(C)C)c(O)c1C(=O)C=C1NCCCN1. The first-order valence-corrected chi connectivity index (χ1v) is 7.07. The van der Waals surface area contributed by atoms with Gasteiger partial charge < -0.3 is 15.7 Å². The summed E-state index contributed by atoms with van der Waals surface area (Å²) in [4.78, 5) is 12.4. The van der Waals surface area contributed by atoms with Gasteiger partial charge in [-0.2, -0.15) is 0 Å². The van der Waals surface area contributed by atoms with Crippen LogP contribution in [0.2, 0.25) is 0 Å². The van der Waals surface area contributed by atoms with Crippen molar-refractivity contribution in [3.8, 4) is 5.75 Å². The standard InChI is InChI=1S/C16H22N2O2/c1-10(2)12-6-5-11(3)15(16(12)20)13(19)9-14-17-7-4-8-18-14/h5-6,9-10,17-18,20H,4,7-8H2,1-3H3. The Morgan fingerprint density at radius 3 is 2.55 bits per heavy atom. The predicted molar refractivity (Wildman–Crippen MR) is 80.0 cm³/mol. The maximum absolute atomic E-state index is 12.4. The number of hydrogen-bond acceptors (Lipinski definition) is 4. The van der Waals surface area contributed by atoms with E-state index in [1.165, 1.54) is 6.08 Å². The van der Waals surface area contributed by atoms with Crippen LogP contribution in [0.5, 0.6) is 5.75 Å². The lowest BCUT2D eigenvalue weighted by Crippen LogP contribution is -2.35. The number of benzene rings is 1. The molecule has 0 amide bonds. The van der Waals surface area contributed by atoms with Crippen molar-refractivity contribution in [1.82, 2.24) is 10.6 Å². The summed E-state index contributed by atoms with van der Waals surface area (Å²) in [7, 11) is 0. The molecule has 1 fully saturated rings. The van der Waals surface area contributed by atoms with Gasteiger partial charge in [-0.1, -0.05) is 26.0 Å². The summed E-state index contributed by atoms with van der Waals surface area (Å²) in [5.74, 6) is 0.854. The normalized spacial score (nSPS) is 14.7. The van der Waals surface area contributed by atoms with Gasteiger partial charge in [0.25, 0.3) is 0 Å². The van der Waals surface area contributed by atoms with Gasteiger partial charge in [-0.3, -0.25) is 4.79 Å². The van der Waals surface area contributed by atoms with Crippen LogP contribution in [0.3, 0.4) is 0 Å². The highest BCUT2D eigenvalue weighted by molar-refractivity contribution is 6.08. The average molecular weight is 274 g/mol. The maximum atomic E-state index is 12.4. The highest BCUT2D eigenvalue weighted by atomic mass is 16.3. The molecule has 0 saturated carbocycles.